The Balaban J connectivity index is 1.44. The zero-order chi connectivity index (χ0) is 19.2. The lowest BCUT2D eigenvalue weighted by atomic mass is 10.1. The first-order valence-electron chi connectivity index (χ1n) is 8.85. The maximum atomic E-state index is 13.0. The van der Waals surface area contributed by atoms with Crippen LogP contribution >= 0.6 is 11.6 Å². The van der Waals surface area contributed by atoms with Crippen molar-refractivity contribution in [3.05, 3.63) is 64.9 Å². The topological polar surface area (TPSA) is 52.7 Å². The van der Waals surface area contributed by atoms with Gasteiger partial charge in [0, 0.05) is 43.4 Å². The van der Waals surface area contributed by atoms with Gasteiger partial charge in [-0.2, -0.15) is 0 Å². The highest BCUT2D eigenvalue weighted by atomic mass is 35.5. The Morgan fingerprint density at radius 1 is 1.04 bits per heavy atom. The van der Waals surface area contributed by atoms with E-state index in [9.17, 15) is 14.0 Å². The molecule has 2 aromatic rings. The zero-order valence-corrected chi connectivity index (χ0v) is 15.6. The number of halogens is 2. The molecular formula is C20H21ClFN3O2. The van der Waals surface area contributed by atoms with E-state index in [1.807, 2.05) is 18.2 Å². The molecule has 0 spiro atoms. The fourth-order valence-corrected chi connectivity index (χ4v) is 3.26. The van der Waals surface area contributed by atoms with Gasteiger partial charge in [0.25, 0.3) is 0 Å². The summed E-state index contributed by atoms with van der Waals surface area (Å²) in [4.78, 5) is 28.0. The molecule has 7 heteroatoms. The lowest BCUT2D eigenvalue weighted by Gasteiger charge is -2.35. The van der Waals surface area contributed by atoms with Gasteiger partial charge in [-0.1, -0.05) is 23.7 Å². The van der Waals surface area contributed by atoms with Crippen LogP contribution in [0.15, 0.2) is 48.5 Å². The third-order valence-electron chi connectivity index (χ3n) is 4.54. The Morgan fingerprint density at radius 3 is 2.41 bits per heavy atom. The Kier molecular flexibility index (Phi) is 6.29. The number of anilines is 1. The molecule has 0 bridgehead atoms. The first-order valence-corrected chi connectivity index (χ1v) is 9.23. The van der Waals surface area contributed by atoms with Crippen LogP contribution in [-0.4, -0.2) is 49.4 Å². The van der Waals surface area contributed by atoms with E-state index in [0.29, 0.717) is 44.2 Å². The summed E-state index contributed by atoms with van der Waals surface area (Å²) in [5.74, 6) is -1.38. The molecule has 2 aromatic carbocycles. The summed E-state index contributed by atoms with van der Waals surface area (Å²) in [6.07, 6.45) is 0.609. The summed E-state index contributed by atoms with van der Waals surface area (Å²) in [5, 5.41) is 3.32. The Labute approximate surface area is 162 Å². The Bertz CT molecular complexity index is 805. The molecule has 27 heavy (non-hydrogen) atoms. The largest absolute Gasteiger partial charge is 0.368 e. The molecule has 0 aromatic heterocycles. The number of hydrogen-bond donors (Lipinski definition) is 1. The van der Waals surface area contributed by atoms with Gasteiger partial charge in [0.1, 0.15) is 5.82 Å². The van der Waals surface area contributed by atoms with E-state index in [4.69, 9.17) is 11.6 Å². The third kappa shape index (κ3) is 5.20. The quantitative estimate of drug-likeness (QED) is 0.817. The summed E-state index contributed by atoms with van der Waals surface area (Å²) >= 11 is 5.93. The summed E-state index contributed by atoms with van der Waals surface area (Å²) in [7, 11) is 0. The highest BCUT2D eigenvalue weighted by Gasteiger charge is 2.25. The van der Waals surface area contributed by atoms with Crippen molar-refractivity contribution in [3.63, 3.8) is 0 Å². The average molecular weight is 390 g/mol. The predicted octanol–water partition coefficient (Wildman–Crippen LogP) is 2.49. The number of benzene rings is 2. The molecule has 0 saturated carbocycles. The van der Waals surface area contributed by atoms with Crippen LogP contribution < -0.4 is 10.2 Å². The van der Waals surface area contributed by atoms with E-state index in [1.54, 1.807) is 23.1 Å². The number of piperazine rings is 1. The second-order valence-corrected chi connectivity index (χ2v) is 6.83. The number of hydrogen-bond acceptors (Lipinski definition) is 3. The number of rotatable bonds is 4. The standard InChI is InChI=1S/C20H21ClFN3O2/c21-16-3-1-2-15(14-16)8-9-23-19(26)20(27)25-12-10-24(11-13-25)18-6-4-17(22)5-7-18/h1-7,14H,8-13H2,(H,23,26). The molecule has 142 valence electrons. The molecule has 0 aliphatic carbocycles. The highest BCUT2D eigenvalue weighted by molar-refractivity contribution is 6.35. The van der Waals surface area contributed by atoms with Crippen molar-refractivity contribution in [3.8, 4) is 0 Å². The fourth-order valence-electron chi connectivity index (χ4n) is 3.05. The molecule has 5 nitrogen and oxygen atoms in total. The maximum Gasteiger partial charge on any atom is 0.312 e. The third-order valence-corrected chi connectivity index (χ3v) is 4.78. The number of carbonyl (C=O) groups excluding carboxylic acids is 2. The SMILES string of the molecule is O=C(NCCc1cccc(Cl)c1)C(=O)N1CCN(c2ccc(F)cc2)CC1. The lowest BCUT2D eigenvalue weighted by molar-refractivity contribution is -0.146. The van der Waals surface area contributed by atoms with E-state index in [2.05, 4.69) is 10.2 Å². The molecule has 3 rings (SSSR count). The van der Waals surface area contributed by atoms with Crippen LogP contribution in [0.25, 0.3) is 0 Å². The van der Waals surface area contributed by atoms with Gasteiger partial charge in [0.2, 0.25) is 0 Å². The first kappa shape index (κ1) is 19.2. The molecule has 1 saturated heterocycles. The predicted molar refractivity (Wildman–Crippen MR) is 103 cm³/mol. The molecule has 1 fully saturated rings. The molecule has 1 aliphatic rings. The molecule has 1 aliphatic heterocycles. The van der Waals surface area contributed by atoms with Gasteiger partial charge in [-0.3, -0.25) is 9.59 Å². The smallest absolute Gasteiger partial charge is 0.312 e. The molecule has 0 radical (unpaired) electrons. The normalized spacial score (nSPS) is 14.1. The van der Waals surface area contributed by atoms with Crippen molar-refractivity contribution >= 4 is 29.1 Å². The highest BCUT2D eigenvalue weighted by Crippen LogP contribution is 2.17. The van der Waals surface area contributed by atoms with E-state index in [1.165, 1.54) is 12.1 Å². The first-order chi connectivity index (χ1) is 13.0. The summed E-state index contributed by atoms with van der Waals surface area (Å²) in [6.45, 7) is 2.50. The fraction of sp³-hybridized carbons (Fsp3) is 0.300. The molecule has 0 unspecified atom stereocenters. The second-order valence-electron chi connectivity index (χ2n) is 6.39. The Hall–Kier alpha value is -2.60. The van der Waals surface area contributed by atoms with Gasteiger partial charge >= 0.3 is 11.8 Å². The molecule has 1 N–H and O–H groups in total. The van der Waals surface area contributed by atoms with Gasteiger partial charge in [0.05, 0.1) is 0 Å². The number of carbonyl (C=O) groups is 2. The van der Waals surface area contributed by atoms with Crippen molar-refractivity contribution < 1.29 is 14.0 Å². The van der Waals surface area contributed by atoms with Crippen LogP contribution in [0, 0.1) is 5.82 Å². The van der Waals surface area contributed by atoms with Crippen LogP contribution in [-0.2, 0) is 16.0 Å². The van der Waals surface area contributed by atoms with Crippen molar-refractivity contribution in [1.82, 2.24) is 10.2 Å². The number of nitrogens with one attached hydrogen (secondary N) is 1. The van der Waals surface area contributed by atoms with Gasteiger partial charge in [-0.15, -0.1) is 0 Å². The molecule has 1 heterocycles. The van der Waals surface area contributed by atoms with E-state index >= 15 is 0 Å². The summed E-state index contributed by atoms with van der Waals surface area (Å²) in [6, 6.07) is 13.7. The zero-order valence-electron chi connectivity index (χ0n) is 14.8. The van der Waals surface area contributed by atoms with Gasteiger partial charge in [-0.25, -0.2) is 4.39 Å². The van der Waals surface area contributed by atoms with Crippen LogP contribution in [0.4, 0.5) is 10.1 Å². The second kappa shape index (κ2) is 8.86. The van der Waals surface area contributed by atoms with E-state index in [0.717, 1.165) is 11.3 Å². The number of nitrogens with zero attached hydrogens (tertiary/aromatic N) is 2. The number of amides is 2. The molecular weight excluding hydrogens is 369 g/mol. The minimum absolute atomic E-state index is 0.276. The van der Waals surface area contributed by atoms with Crippen LogP contribution in [0.1, 0.15) is 5.56 Å². The van der Waals surface area contributed by atoms with E-state index < -0.39 is 11.8 Å². The summed E-state index contributed by atoms with van der Waals surface area (Å²) < 4.78 is 13.0. The summed E-state index contributed by atoms with van der Waals surface area (Å²) in [5.41, 5.74) is 1.91. The van der Waals surface area contributed by atoms with Gasteiger partial charge in [-0.05, 0) is 48.4 Å². The molecule has 0 atom stereocenters. The van der Waals surface area contributed by atoms with E-state index in [-0.39, 0.29) is 5.82 Å². The maximum absolute atomic E-state index is 13.0. The van der Waals surface area contributed by atoms with Gasteiger partial charge < -0.3 is 15.1 Å². The average Bonchev–Trinajstić information content (AvgIpc) is 2.68. The van der Waals surface area contributed by atoms with Crippen molar-refractivity contribution in [1.29, 1.82) is 0 Å². The van der Waals surface area contributed by atoms with Crippen molar-refractivity contribution in [2.75, 3.05) is 37.6 Å². The van der Waals surface area contributed by atoms with Crippen molar-refractivity contribution in [2.45, 2.75) is 6.42 Å². The van der Waals surface area contributed by atoms with Crippen LogP contribution in [0.2, 0.25) is 5.02 Å². The van der Waals surface area contributed by atoms with Crippen LogP contribution in [0.3, 0.4) is 0 Å². The lowest BCUT2D eigenvalue weighted by Crippen LogP contribution is -2.52. The molecule has 2 amide bonds. The monoisotopic (exact) mass is 389 g/mol. The van der Waals surface area contributed by atoms with Crippen molar-refractivity contribution in [2.24, 2.45) is 0 Å². The minimum atomic E-state index is -0.590. The van der Waals surface area contributed by atoms with Gasteiger partial charge in [0.15, 0.2) is 0 Å². The Morgan fingerprint density at radius 2 is 1.74 bits per heavy atom. The minimum Gasteiger partial charge on any atom is -0.368 e. The van der Waals surface area contributed by atoms with Crippen LogP contribution in [0.5, 0.6) is 0 Å².